The fourth-order valence-electron chi connectivity index (χ4n) is 1.83. The van der Waals surface area contributed by atoms with Gasteiger partial charge in [0, 0.05) is 35.2 Å². The number of carbonyl (C=O) groups excluding carboxylic acids is 3. The lowest BCUT2D eigenvalue weighted by atomic mass is 10.3. The average molecular weight is 401 g/mol. The van der Waals surface area contributed by atoms with Crippen LogP contribution in [-0.2, 0) is 14.4 Å². The molecule has 0 bridgehead atoms. The van der Waals surface area contributed by atoms with Crippen LogP contribution in [0.25, 0.3) is 0 Å². The Morgan fingerprint density at radius 3 is 2.41 bits per heavy atom. The number of nitrogens with one attached hydrogen (secondary N) is 1. The molecular formula is C14H13BrN2O3S2. The lowest BCUT2D eigenvalue weighted by molar-refractivity contribution is -0.133. The summed E-state index contributed by atoms with van der Waals surface area (Å²) in [6.07, 6.45) is 0.671. The van der Waals surface area contributed by atoms with Crippen molar-refractivity contribution in [2.45, 2.75) is 19.3 Å². The SMILES string of the molecule is O=C(CCSC(=S)N1C(=O)CCC1=O)Nc1ccc(Br)cc1. The molecule has 3 amide bonds. The third-order valence-corrected chi connectivity index (χ3v) is 4.82. The minimum absolute atomic E-state index is 0.142. The van der Waals surface area contributed by atoms with Crippen LogP contribution in [0.2, 0.25) is 0 Å². The van der Waals surface area contributed by atoms with Crippen molar-refractivity contribution in [1.82, 2.24) is 4.90 Å². The number of halogens is 1. The van der Waals surface area contributed by atoms with Crippen LogP contribution in [0, 0.1) is 0 Å². The Balaban J connectivity index is 1.75. The van der Waals surface area contributed by atoms with E-state index in [0.717, 1.165) is 9.37 Å². The Kier molecular flexibility index (Phi) is 6.10. The maximum Gasteiger partial charge on any atom is 0.235 e. The predicted octanol–water partition coefficient (Wildman–Crippen LogP) is 2.94. The number of hydrogen-bond donors (Lipinski definition) is 1. The molecule has 22 heavy (non-hydrogen) atoms. The van der Waals surface area contributed by atoms with Crippen LogP contribution in [0.5, 0.6) is 0 Å². The average Bonchev–Trinajstić information content (AvgIpc) is 2.80. The molecule has 0 aromatic heterocycles. The van der Waals surface area contributed by atoms with E-state index in [-0.39, 0.29) is 41.3 Å². The van der Waals surface area contributed by atoms with E-state index < -0.39 is 0 Å². The van der Waals surface area contributed by atoms with E-state index >= 15 is 0 Å². The van der Waals surface area contributed by atoms with Crippen molar-refractivity contribution in [2.75, 3.05) is 11.1 Å². The van der Waals surface area contributed by atoms with Crippen molar-refractivity contribution in [2.24, 2.45) is 0 Å². The monoisotopic (exact) mass is 400 g/mol. The molecule has 1 aliphatic rings. The van der Waals surface area contributed by atoms with E-state index in [0.29, 0.717) is 11.4 Å². The summed E-state index contributed by atoms with van der Waals surface area (Å²) in [6, 6.07) is 7.26. The number of imide groups is 1. The zero-order chi connectivity index (χ0) is 16.1. The molecule has 0 unspecified atom stereocenters. The number of thiocarbonyl (C=S) groups is 1. The number of likely N-dealkylation sites (tertiary alicyclic amines) is 1. The molecule has 1 saturated heterocycles. The largest absolute Gasteiger partial charge is 0.326 e. The smallest absolute Gasteiger partial charge is 0.235 e. The summed E-state index contributed by atoms with van der Waals surface area (Å²) in [7, 11) is 0. The third-order valence-electron chi connectivity index (χ3n) is 2.92. The predicted molar refractivity (Wildman–Crippen MR) is 93.5 cm³/mol. The number of benzene rings is 1. The Labute approximate surface area is 145 Å². The fourth-order valence-corrected chi connectivity index (χ4v) is 3.35. The van der Waals surface area contributed by atoms with Gasteiger partial charge in [-0.25, -0.2) is 4.90 Å². The second kappa shape index (κ2) is 7.85. The van der Waals surface area contributed by atoms with Gasteiger partial charge in [-0.15, -0.1) is 0 Å². The number of thioether (sulfide) groups is 1. The number of hydrogen-bond acceptors (Lipinski definition) is 5. The lowest BCUT2D eigenvalue weighted by Crippen LogP contribution is -2.32. The van der Waals surface area contributed by atoms with Gasteiger partial charge in [-0.3, -0.25) is 14.4 Å². The molecule has 0 aliphatic carbocycles. The maximum atomic E-state index is 11.8. The molecule has 0 spiro atoms. The van der Waals surface area contributed by atoms with Crippen LogP contribution in [0.3, 0.4) is 0 Å². The van der Waals surface area contributed by atoms with Crippen molar-refractivity contribution in [3.63, 3.8) is 0 Å². The van der Waals surface area contributed by atoms with Gasteiger partial charge in [0.1, 0.15) is 4.32 Å². The molecule has 1 aliphatic heterocycles. The van der Waals surface area contributed by atoms with Crippen molar-refractivity contribution < 1.29 is 14.4 Å². The standard InChI is InChI=1S/C14H13BrN2O3S2/c15-9-1-3-10(4-2-9)16-11(18)7-8-22-14(21)17-12(19)5-6-13(17)20/h1-4H,5-8H2,(H,16,18). The summed E-state index contributed by atoms with van der Waals surface area (Å²) in [4.78, 5) is 35.9. The minimum Gasteiger partial charge on any atom is -0.326 e. The van der Waals surface area contributed by atoms with E-state index in [2.05, 4.69) is 21.2 Å². The first-order valence-corrected chi connectivity index (χ1v) is 8.74. The van der Waals surface area contributed by atoms with Crippen LogP contribution in [0.4, 0.5) is 5.69 Å². The molecule has 1 N–H and O–H groups in total. The molecule has 0 radical (unpaired) electrons. The molecule has 1 fully saturated rings. The highest BCUT2D eigenvalue weighted by molar-refractivity contribution is 9.10. The van der Waals surface area contributed by atoms with E-state index in [1.807, 2.05) is 12.1 Å². The van der Waals surface area contributed by atoms with Crippen LogP contribution in [-0.4, -0.2) is 32.7 Å². The first-order chi connectivity index (χ1) is 10.5. The van der Waals surface area contributed by atoms with Gasteiger partial charge in [-0.1, -0.05) is 39.9 Å². The highest BCUT2D eigenvalue weighted by atomic mass is 79.9. The van der Waals surface area contributed by atoms with Gasteiger partial charge in [-0.05, 0) is 24.3 Å². The third kappa shape index (κ3) is 4.62. The summed E-state index contributed by atoms with van der Waals surface area (Å²) in [5.41, 5.74) is 0.714. The topological polar surface area (TPSA) is 66.5 Å². The number of amides is 3. The highest BCUT2D eigenvalue weighted by Crippen LogP contribution is 2.20. The second-order valence-electron chi connectivity index (χ2n) is 4.54. The van der Waals surface area contributed by atoms with Crippen molar-refractivity contribution in [3.05, 3.63) is 28.7 Å². The summed E-state index contributed by atoms with van der Waals surface area (Å²) < 4.78 is 1.16. The Bertz CT molecular complexity index is 603. The Hall–Kier alpha value is -1.25. The molecule has 1 aromatic carbocycles. The van der Waals surface area contributed by atoms with E-state index in [4.69, 9.17) is 12.2 Å². The summed E-state index contributed by atoms with van der Waals surface area (Å²) >= 11 is 9.57. The molecule has 116 valence electrons. The Morgan fingerprint density at radius 1 is 1.23 bits per heavy atom. The molecule has 5 nitrogen and oxygen atoms in total. The molecule has 1 heterocycles. The van der Waals surface area contributed by atoms with Gasteiger partial charge in [0.2, 0.25) is 17.7 Å². The van der Waals surface area contributed by atoms with Crippen LogP contribution < -0.4 is 5.32 Å². The maximum absolute atomic E-state index is 11.8. The molecule has 0 atom stereocenters. The molecule has 8 heteroatoms. The first kappa shape index (κ1) is 17.1. The van der Waals surface area contributed by atoms with Gasteiger partial charge >= 0.3 is 0 Å². The van der Waals surface area contributed by atoms with Gasteiger partial charge in [0.15, 0.2) is 0 Å². The van der Waals surface area contributed by atoms with Crippen molar-refractivity contribution in [1.29, 1.82) is 0 Å². The van der Waals surface area contributed by atoms with E-state index in [1.54, 1.807) is 12.1 Å². The molecular weight excluding hydrogens is 388 g/mol. The molecule has 2 rings (SSSR count). The lowest BCUT2D eigenvalue weighted by Gasteiger charge is -2.13. The number of carbonyl (C=O) groups is 3. The van der Waals surface area contributed by atoms with Gasteiger partial charge in [0.25, 0.3) is 0 Å². The van der Waals surface area contributed by atoms with E-state index in [1.165, 1.54) is 11.8 Å². The van der Waals surface area contributed by atoms with Gasteiger partial charge < -0.3 is 5.32 Å². The summed E-state index contributed by atoms with van der Waals surface area (Å²) in [5, 5.41) is 2.77. The van der Waals surface area contributed by atoms with E-state index in [9.17, 15) is 14.4 Å². The summed E-state index contributed by atoms with van der Waals surface area (Å²) in [6.45, 7) is 0. The van der Waals surface area contributed by atoms with Gasteiger partial charge in [0.05, 0.1) is 0 Å². The number of rotatable bonds is 4. The molecule has 0 saturated carbocycles. The molecule has 1 aromatic rings. The highest BCUT2D eigenvalue weighted by Gasteiger charge is 2.32. The normalized spacial score (nSPS) is 14.3. The first-order valence-electron chi connectivity index (χ1n) is 6.55. The number of nitrogens with zero attached hydrogens (tertiary/aromatic N) is 1. The van der Waals surface area contributed by atoms with Crippen LogP contribution >= 0.6 is 39.9 Å². The Morgan fingerprint density at radius 2 is 1.82 bits per heavy atom. The zero-order valence-corrected chi connectivity index (χ0v) is 14.7. The minimum atomic E-state index is -0.262. The van der Waals surface area contributed by atoms with Gasteiger partial charge in [-0.2, -0.15) is 0 Å². The van der Waals surface area contributed by atoms with Crippen molar-refractivity contribution >= 4 is 67.6 Å². The van der Waals surface area contributed by atoms with Crippen LogP contribution in [0.15, 0.2) is 28.7 Å². The summed E-state index contributed by atoms with van der Waals surface area (Å²) in [5.74, 6) is -0.251. The fraction of sp³-hybridized carbons (Fsp3) is 0.286. The van der Waals surface area contributed by atoms with Crippen molar-refractivity contribution in [3.8, 4) is 0 Å². The zero-order valence-electron chi connectivity index (χ0n) is 11.5. The number of anilines is 1. The van der Waals surface area contributed by atoms with Crippen LogP contribution in [0.1, 0.15) is 19.3 Å². The quantitative estimate of drug-likeness (QED) is 0.621. The second-order valence-corrected chi connectivity index (χ2v) is 7.19.